The van der Waals surface area contributed by atoms with E-state index in [1.54, 1.807) is 6.07 Å². The number of aromatic hydroxyl groups is 1. The summed E-state index contributed by atoms with van der Waals surface area (Å²) < 4.78 is 0. The molecule has 16 heavy (non-hydrogen) atoms. The van der Waals surface area contributed by atoms with E-state index in [0.29, 0.717) is 11.7 Å². The van der Waals surface area contributed by atoms with Crippen LogP contribution in [-0.2, 0) is 0 Å². The van der Waals surface area contributed by atoms with E-state index in [0.717, 1.165) is 11.8 Å². The fourth-order valence-corrected chi connectivity index (χ4v) is 3.13. The number of rotatable bonds is 2. The van der Waals surface area contributed by atoms with E-state index in [4.69, 9.17) is 0 Å². The molecule has 1 heteroatoms. The van der Waals surface area contributed by atoms with Gasteiger partial charge in [-0.1, -0.05) is 38.8 Å². The van der Waals surface area contributed by atoms with Crippen LogP contribution in [0.5, 0.6) is 5.75 Å². The predicted octanol–water partition coefficient (Wildman–Crippen LogP) is 4.32. The fraction of sp³-hybridized carbons (Fsp3) is 0.600. The van der Waals surface area contributed by atoms with Crippen molar-refractivity contribution in [1.29, 1.82) is 0 Å². The van der Waals surface area contributed by atoms with E-state index in [9.17, 15) is 5.11 Å². The number of phenolic OH excluding ortho intramolecular Hbond substituents is 1. The van der Waals surface area contributed by atoms with Gasteiger partial charge in [-0.3, -0.25) is 0 Å². The lowest BCUT2D eigenvalue weighted by molar-refractivity contribution is 0.238. The molecule has 1 fully saturated rings. The molecule has 1 aromatic rings. The Labute approximate surface area is 98.5 Å². The smallest absolute Gasteiger partial charge is 0.115 e. The highest BCUT2D eigenvalue weighted by Gasteiger charge is 2.28. The second-order valence-corrected chi connectivity index (χ2v) is 5.39. The second-order valence-electron chi connectivity index (χ2n) is 5.39. The van der Waals surface area contributed by atoms with Crippen LogP contribution in [0.1, 0.15) is 51.0 Å². The van der Waals surface area contributed by atoms with Gasteiger partial charge in [-0.25, -0.2) is 0 Å². The molecule has 1 N–H and O–H groups in total. The van der Waals surface area contributed by atoms with Crippen LogP contribution in [0.2, 0.25) is 0 Å². The second kappa shape index (κ2) is 4.90. The molecular weight excluding hydrogens is 196 g/mol. The molecule has 0 aromatic heterocycles. The van der Waals surface area contributed by atoms with Crippen LogP contribution >= 0.6 is 0 Å². The third-order valence-corrected chi connectivity index (χ3v) is 3.97. The van der Waals surface area contributed by atoms with Gasteiger partial charge in [-0.15, -0.1) is 0 Å². The monoisotopic (exact) mass is 218 g/mol. The Bertz CT molecular complexity index is 343. The molecule has 0 bridgehead atoms. The molecule has 2 atom stereocenters. The zero-order chi connectivity index (χ0) is 11.5. The van der Waals surface area contributed by atoms with Gasteiger partial charge < -0.3 is 5.11 Å². The summed E-state index contributed by atoms with van der Waals surface area (Å²) in [7, 11) is 0. The molecule has 0 saturated heterocycles. The molecule has 1 nitrogen and oxygen atoms in total. The lowest BCUT2D eigenvalue weighted by Gasteiger charge is -2.34. The Kier molecular flexibility index (Phi) is 3.52. The first kappa shape index (κ1) is 11.5. The van der Waals surface area contributed by atoms with Crippen molar-refractivity contribution in [2.75, 3.05) is 0 Å². The first-order valence-corrected chi connectivity index (χ1v) is 6.47. The third kappa shape index (κ3) is 2.40. The molecule has 0 heterocycles. The normalized spacial score (nSPS) is 25.9. The van der Waals surface area contributed by atoms with Crippen molar-refractivity contribution >= 4 is 0 Å². The summed E-state index contributed by atoms with van der Waals surface area (Å²) in [5, 5.41) is 9.57. The van der Waals surface area contributed by atoms with E-state index in [1.807, 2.05) is 12.1 Å². The maximum absolute atomic E-state index is 9.57. The highest BCUT2D eigenvalue weighted by molar-refractivity contribution is 5.30. The highest BCUT2D eigenvalue weighted by Crippen LogP contribution is 2.42. The van der Waals surface area contributed by atoms with Gasteiger partial charge in [-0.05, 0) is 48.3 Å². The summed E-state index contributed by atoms with van der Waals surface area (Å²) in [5.41, 5.74) is 1.33. The van der Waals surface area contributed by atoms with Gasteiger partial charge in [0.1, 0.15) is 5.75 Å². The van der Waals surface area contributed by atoms with Crippen LogP contribution in [-0.4, -0.2) is 5.11 Å². The minimum atomic E-state index is 0.408. The largest absolute Gasteiger partial charge is 0.508 e. The summed E-state index contributed by atoms with van der Waals surface area (Å²) in [6.07, 6.45) is 5.34. The molecule has 1 aliphatic carbocycles. The molecule has 0 aliphatic heterocycles. The van der Waals surface area contributed by atoms with Gasteiger partial charge in [0.05, 0.1) is 0 Å². The molecule has 0 radical (unpaired) electrons. The van der Waals surface area contributed by atoms with E-state index in [-0.39, 0.29) is 0 Å². The van der Waals surface area contributed by atoms with E-state index in [1.165, 1.54) is 31.2 Å². The number of phenols is 1. The van der Waals surface area contributed by atoms with Gasteiger partial charge in [0.25, 0.3) is 0 Å². The topological polar surface area (TPSA) is 20.2 Å². The summed E-state index contributed by atoms with van der Waals surface area (Å²) in [5.74, 6) is 2.59. The van der Waals surface area contributed by atoms with Gasteiger partial charge >= 0.3 is 0 Å². The van der Waals surface area contributed by atoms with E-state index in [2.05, 4.69) is 19.9 Å². The van der Waals surface area contributed by atoms with E-state index >= 15 is 0 Å². The Morgan fingerprint density at radius 1 is 1.19 bits per heavy atom. The number of hydrogen-bond donors (Lipinski definition) is 1. The van der Waals surface area contributed by atoms with Crippen LogP contribution in [0, 0.1) is 11.8 Å². The van der Waals surface area contributed by atoms with Gasteiger partial charge in [0, 0.05) is 0 Å². The molecule has 0 amide bonds. The molecular formula is C15H22O. The third-order valence-electron chi connectivity index (χ3n) is 3.97. The van der Waals surface area contributed by atoms with Gasteiger partial charge in [-0.2, -0.15) is 0 Å². The van der Waals surface area contributed by atoms with Crippen molar-refractivity contribution in [2.24, 2.45) is 11.8 Å². The molecule has 0 unspecified atom stereocenters. The Morgan fingerprint density at radius 3 is 2.62 bits per heavy atom. The van der Waals surface area contributed by atoms with Crippen molar-refractivity contribution in [3.63, 3.8) is 0 Å². The van der Waals surface area contributed by atoms with Crippen molar-refractivity contribution < 1.29 is 5.11 Å². The molecule has 1 saturated carbocycles. The Morgan fingerprint density at radius 2 is 1.94 bits per heavy atom. The molecule has 1 aliphatic rings. The van der Waals surface area contributed by atoms with Gasteiger partial charge in [0.15, 0.2) is 0 Å². The molecule has 88 valence electrons. The lowest BCUT2D eigenvalue weighted by Crippen LogP contribution is -2.22. The zero-order valence-corrected chi connectivity index (χ0v) is 10.3. The van der Waals surface area contributed by atoms with Crippen LogP contribution in [0.3, 0.4) is 0 Å². The summed E-state index contributed by atoms with van der Waals surface area (Å²) in [6.45, 7) is 4.65. The summed E-state index contributed by atoms with van der Waals surface area (Å²) in [4.78, 5) is 0. The molecule has 0 spiro atoms. The SMILES string of the molecule is CC(C)[C@@H]1CCCC[C@@H]1c1cccc(O)c1. The Balaban J connectivity index is 2.23. The Hall–Kier alpha value is -0.980. The maximum atomic E-state index is 9.57. The van der Waals surface area contributed by atoms with Crippen molar-refractivity contribution in [3.8, 4) is 5.75 Å². The van der Waals surface area contributed by atoms with Crippen LogP contribution < -0.4 is 0 Å². The van der Waals surface area contributed by atoms with Crippen molar-refractivity contribution in [2.45, 2.75) is 45.4 Å². The maximum Gasteiger partial charge on any atom is 0.115 e. The zero-order valence-electron chi connectivity index (χ0n) is 10.3. The first-order valence-electron chi connectivity index (χ1n) is 6.47. The molecule has 2 rings (SSSR count). The van der Waals surface area contributed by atoms with Crippen LogP contribution in [0.25, 0.3) is 0 Å². The lowest BCUT2D eigenvalue weighted by atomic mass is 9.71. The average molecular weight is 218 g/mol. The predicted molar refractivity (Wildman–Crippen MR) is 67.6 cm³/mol. The average Bonchev–Trinajstić information content (AvgIpc) is 2.29. The van der Waals surface area contributed by atoms with Crippen molar-refractivity contribution in [3.05, 3.63) is 29.8 Å². The minimum Gasteiger partial charge on any atom is -0.508 e. The number of benzene rings is 1. The van der Waals surface area contributed by atoms with Crippen molar-refractivity contribution in [1.82, 2.24) is 0 Å². The first-order chi connectivity index (χ1) is 7.68. The van der Waals surface area contributed by atoms with E-state index < -0.39 is 0 Å². The van der Waals surface area contributed by atoms with Crippen LogP contribution in [0.15, 0.2) is 24.3 Å². The standard InChI is InChI=1S/C15H22O/c1-11(2)14-8-3-4-9-15(14)12-6-5-7-13(16)10-12/h5-7,10-11,14-16H,3-4,8-9H2,1-2H3/t14-,15+/m0/s1. The fourth-order valence-electron chi connectivity index (χ4n) is 3.13. The van der Waals surface area contributed by atoms with Crippen LogP contribution in [0.4, 0.5) is 0 Å². The summed E-state index contributed by atoms with van der Waals surface area (Å²) >= 11 is 0. The van der Waals surface area contributed by atoms with Gasteiger partial charge in [0.2, 0.25) is 0 Å². The summed E-state index contributed by atoms with van der Waals surface area (Å²) in [6, 6.07) is 7.85. The molecule has 1 aromatic carbocycles. The highest BCUT2D eigenvalue weighted by atomic mass is 16.3. The quantitative estimate of drug-likeness (QED) is 0.783. The minimum absolute atomic E-state index is 0.408. The number of hydrogen-bond acceptors (Lipinski definition) is 1.